The fourth-order valence-corrected chi connectivity index (χ4v) is 7.33. The van der Waals surface area contributed by atoms with Crippen LogP contribution in [-0.2, 0) is 5.41 Å². The van der Waals surface area contributed by atoms with Crippen molar-refractivity contribution in [1.29, 1.82) is 0 Å². The van der Waals surface area contributed by atoms with Crippen LogP contribution in [-0.4, -0.2) is 11.3 Å². The summed E-state index contributed by atoms with van der Waals surface area (Å²) in [5.74, 6) is 1.15. The second-order valence-corrected chi connectivity index (χ2v) is 11.4. The number of rotatable bonds is 1. The smallest absolute Gasteiger partial charge is 0.0525 e. The Morgan fingerprint density at radius 1 is 0.967 bits per heavy atom. The summed E-state index contributed by atoms with van der Waals surface area (Å²) in [5.41, 5.74) is 8.61. The van der Waals surface area contributed by atoms with Gasteiger partial charge < -0.3 is 5.32 Å². The van der Waals surface area contributed by atoms with Crippen LogP contribution in [0.25, 0.3) is 11.1 Å². The zero-order valence-electron chi connectivity index (χ0n) is 18.0. The molecule has 0 saturated heterocycles. The van der Waals surface area contributed by atoms with Crippen molar-refractivity contribution in [2.75, 3.05) is 5.32 Å². The predicted octanol–water partition coefficient (Wildman–Crippen LogP) is 7.43. The SMILES string of the molecule is CC(C)(C)c1ccc(-c2ccc3c(c2)NC2C=CC4C5=C(CCC=C5)SC4C32)cc1. The highest BCUT2D eigenvalue weighted by Gasteiger charge is 2.47. The fourth-order valence-electron chi connectivity index (χ4n) is 5.58. The van der Waals surface area contributed by atoms with Crippen LogP contribution in [0.15, 0.2) is 77.2 Å². The van der Waals surface area contributed by atoms with Crippen molar-refractivity contribution in [3.63, 3.8) is 0 Å². The normalized spacial score (nSPS) is 28.6. The van der Waals surface area contributed by atoms with E-state index >= 15 is 0 Å². The van der Waals surface area contributed by atoms with Gasteiger partial charge in [-0.3, -0.25) is 0 Å². The molecule has 6 rings (SSSR count). The molecule has 0 bridgehead atoms. The summed E-state index contributed by atoms with van der Waals surface area (Å²) in [6.45, 7) is 6.81. The van der Waals surface area contributed by atoms with Gasteiger partial charge in [0.05, 0.1) is 6.04 Å². The van der Waals surface area contributed by atoms with E-state index < -0.39 is 0 Å². The van der Waals surface area contributed by atoms with E-state index in [-0.39, 0.29) is 5.41 Å². The number of benzene rings is 2. The fraction of sp³-hybridized carbons (Fsp3) is 0.357. The van der Waals surface area contributed by atoms with E-state index in [1.54, 1.807) is 10.5 Å². The van der Waals surface area contributed by atoms with E-state index in [1.165, 1.54) is 40.8 Å². The van der Waals surface area contributed by atoms with E-state index in [9.17, 15) is 0 Å². The van der Waals surface area contributed by atoms with Gasteiger partial charge >= 0.3 is 0 Å². The second-order valence-electron chi connectivity index (χ2n) is 10.1. The minimum atomic E-state index is 0.192. The van der Waals surface area contributed by atoms with E-state index in [0.29, 0.717) is 23.1 Å². The van der Waals surface area contributed by atoms with Gasteiger partial charge in [-0.15, -0.1) is 11.8 Å². The molecule has 0 radical (unpaired) electrons. The van der Waals surface area contributed by atoms with Crippen molar-refractivity contribution in [2.24, 2.45) is 5.92 Å². The van der Waals surface area contributed by atoms with E-state index in [1.807, 2.05) is 0 Å². The van der Waals surface area contributed by atoms with Crippen molar-refractivity contribution in [3.8, 4) is 11.1 Å². The van der Waals surface area contributed by atoms with Gasteiger partial charge in [-0.2, -0.15) is 0 Å². The number of hydrogen-bond acceptors (Lipinski definition) is 2. The van der Waals surface area contributed by atoms with Gasteiger partial charge in [0.25, 0.3) is 0 Å². The average Bonchev–Trinajstić information content (AvgIpc) is 3.30. The minimum absolute atomic E-state index is 0.192. The highest BCUT2D eigenvalue weighted by Crippen LogP contribution is 2.57. The number of fused-ring (bicyclic) bond motifs is 6. The van der Waals surface area contributed by atoms with Gasteiger partial charge in [0, 0.05) is 22.8 Å². The summed E-state index contributed by atoms with van der Waals surface area (Å²) in [7, 11) is 0. The molecule has 30 heavy (non-hydrogen) atoms. The summed E-state index contributed by atoms with van der Waals surface area (Å²) >= 11 is 2.16. The lowest BCUT2D eigenvalue weighted by Crippen LogP contribution is -2.33. The molecule has 0 spiro atoms. The Kier molecular flexibility index (Phi) is 4.12. The number of anilines is 1. The van der Waals surface area contributed by atoms with Crippen molar-refractivity contribution < 1.29 is 0 Å². The van der Waals surface area contributed by atoms with Gasteiger partial charge in [0.2, 0.25) is 0 Å². The second kappa shape index (κ2) is 6.65. The molecule has 1 nitrogen and oxygen atoms in total. The van der Waals surface area contributed by atoms with Gasteiger partial charge in [-0.1, -0.05) is 81.5 Å². The molecule has 2 aliphatic carbocycles. The summed E-state index contributed by atoms with van der Waals surface area (Å²) in [6, 6.07) is 16.6. The van der Waals surface area contributed by atoms with Crippen molar-refractivity contribution in [3.05, 3.63) is 88.4 Å². The summed E-state index contributed by atoms with van der Waals surface area (Å²) in [5, 5.41) is 4.48. The van der Waals surface area contributed by atoms with Gasteiger partial charge in [-0.25, -0.2) is 0 Å². The summed E-state index contributed by atoms with van der Waals surface area (Å²) in [6.07, 6.45) is 12.1. The highest BCUT2D eigenvalue weighted by molar-refractivity contribution is 8.04. The molecular weight excluding hydrogens is 382 g/mol. The zero-order valence-corrected chi connectivity index (χ0v) is 18.8. The molecule has 4 atom stereocenters. The quantitative estimate of drug-likeness (QED) is 0.490. The van der Waals surface area contributed by atoms with Crippen LogP contribution in [0, 0.1) is 5.92 Å². The number of hydrogen-bond donors (Lipinski definition) is 1. The van der Waals surface area contributed by atoms with Gasteiger partial charge in [-0.05, 0) is 57.1 Å². The Balaban J connectivity index is 1.32. The summed E-state index contributed by atoms with van der Waals surface area (Å²) < 4.78 is 0. The third-order valence-corrected chi connectivity index (χ3v) is 8.82. The first-order valence-electron chi connectivity index (χ1n) is 11.2. The highest BCUT2D eigenvalue weighted by atomic mass is 32.2. The molecule has 0 saturated carbocycles. The maximum absolute atomic E-state index is 3.84. The van der Waals surface area contributed by atoms with Crippen molar-refractivity contribution in [2.45, 2.75) is 56.2 Å². The zero-order chi connectivity index (χ0) is 20.5. The van der Waals surface area contributed by atoms with Crippen LogP contribution in [0.2, 0.25) is 0 Å². The van der Waals surface area contributed by atoms with Crippen LogP contribution in [0.5, 0.6) is 0 Å². The maximum atomic E-state index is 3.84. The lowest BCUT2D eigenvalue weighted by molar-refractivity contribution is 0.548. The van der Waals surface area contributed by atoms with Gasteiger partial charge in [0.15, 0.2) is 0 Å². The largest absolute Gasteiger partial charge is 0.378 e. The maximum Gasteiger partial charge on any atom is 0.0525 e. The third-order valence-electron chi connectivity index (χ3n) is 7.23. The van der Waals surface area contributed by atoms with E-state index in [4.69, 9.17) is 0 Å². The Morgan fingerprint density at radius 3 is 2.57 bits per heavy atom. The Labute approximate surface area is 184 Å². The lowest BCUT2D eigenvalue weighted by Gasteiger charge is -2.32. The number of allylic oxidation sites excluding steroid dienone is 5. The van der Waals surface area contributed by atoms with Crippen LogP contribution >= 0.6 is 11.8 Å². The molecule has 0 aromatic heterocycles. The molecule has 4 unspecified atom stereocenters. The first kappa shape index (κ1) is 18.6. The van der Waals surface area contributed by atoms with Crippen molar-refractivity contribution in [1.82, 2.24) is 0 Å². The number of thioether (sulfide) groups is 1. The molecule has 0 amide bonds. The molecule has 152 valence electrons. The molecule has 2 aliphatic heterocycles. The third kappa shape index (κ3) is 2.84. The Morgan fingerprint density at radius 2 is 1.77 bits per heavy atom. The Bertz CT molecular complexity index is 1100. The molecular formula is C28H29NS. The first-order valence-corrected chi connectivity index (χ1v) is 12.1. The van der Waals surface area contributed by atoms with Crippen LogP contribution in [0.4, 0.5) is 5.69 Å². The Hall–Kier alpha value is -2.19. The molecule has 2 heteroatoms. The molecule has 2 heterocycles. The summed E-state index contributed by atoms with van der Waals surface area (Å²) in [4.78, 5) is 1.64. The molecule has 1 N–H and O–H groups in total. The number of nitrogens with one attached hydrogen (secondary N) is 1. The first-order chi connectivity index (χ1) is 14.5. The topological polar surface area (TPSA) is 12.0 Å². The average molecular weight is 412 g/mol. The monoisotopic (exact) mass is 411 g/mol. The molecule has 2 aromatic carbocycles. The van der Waals surface area contributed by atoms with Crippen LogP contribution in [0.1, 0.15) is 50.7 Å². The van der Waals surface area contributed by atoms with Gasteiger partial charge in [0.1, 0.15) is 0 Å². The molecule has 0 fully saturated rings. The van der Waals surface area contributed by atoms with Crippen LogP contribution < -0.4 is 5.32 Å². The van der Waals surface area contributed by atoms with Crippen molar-refractivity contribution >= 4 is 17.4 Å². The standard InChI is InChI=1S/C28H29NS/c1-28(2,3)19-11-8-17(9-12-19)18-10-13-22-24(16-18)29-23-15-14-21-20-6-4-5-7-25(20)30-27(21)26(22)23/h4,6,8-16,21,23,26-27,29H,5,7H2,1-3H3. The lowest BCUT2D eigenvalue weighted by atomic mass is 9.77. The minimum Gasteiger partial charge on any atom is -0.378 e. The molecule has 4 aliphatic rings. The predicted molar refractivity (Wildman–Crippen MR) is 130 cm³/mol. The van der Waals surface area contributed by atoms with E-state index in [0.717, 1.165) is 0 Å². The molecule has 2 aromatic rings. The van der Waals surface area contributed by atoms with Crippen LogP contribution in [0.3, 0.4) is 0 Å². The van der Waals surface area contributed by atoms with E-state index in [2.05, 4.69) is 105 Å².